The summed E-state index contributed by atoms with van der Waals surface area (Å²) < 4.78 is 27.2. The number of halogens is 3. The number of allylic oxidation sites excluding steroid dienone is 1. The van der Waals surface area contributed by atoms with Gasteiger partial charge in [0.15, 0.2) is 5.78 Å². The lowest BCUT2D eigenvalue weighted by molar-refractivity contribution is 0.104. The van der Waals surface area contributed by atoms with Crippen LogP contribution >= 0.6 is 15.9 Å². The number of rotatable bonds is 3. The minimum Gasteiger partial charge on any atom is -0.289 e. The predicted octanol–water partition coefficient (Wildman–Crippen LogP) is 4.62. The highest BCUT2D eigenvalue weighted by Gasteiger charge is 2.09. The van der Waals surface area contributed by atoms with Gasteiger partial charge in [-0.1, -0.05) is 34.1 Å². The van der Waals surface area contributed by atoms with Gasteiger partial charge in [-0.15, -0.1) is 0 Å². The van der Waals surface area contributed by atoms with Crippen LogP contribution in [0.3, 0.4) is 0 Å². The van der Waals surface area contributed by atoms with Crippen molar-refractivity contribution in [2.45, 2.75) is 0 Å². The molecule has 0 fully saturated rings. The Kier molecular flexibility index (Phi) is 4.22. The zero-order valence-electron chi connectivity index (χ0n) is 9.74. The van der Waals surface area contributed by atoms with Crippen LogP contribution in [0, 0.1) is 11.6 Å². The second-order valence-electron chi connectivity index (χ2n) is 3.88. The maximum Gasteiger partial charge on any atom is 0.188 e. The molecular weight excluding hydrogens is 314 g/mol. The van der Waals surface area contributed by atoms with E-state index in [4.69, 9.17) is 0 Å². The van der Waals surface area contributed by atoms with Crippen molar-refractivity contribution in [1.29, 1.82) is 0 Å². The highest BCUT2D eigenvalue weighted by molar-refractivity contribution is 9.10. The highest BCUT2D eigenvalue weighted by Crippen LogP contribution is 2.15. The summed E-state index contributed by atoms with van der Waals surface area (Å²) in [6.45, 7) is 0. The van der Waals surface area contributed by atoms with Gasteiger partial charge in [-0.25, -0.2) is 8.78 Å². The summed E-state index contributed by atoms with van der Waals surface area (Å²) in [5, 5.41) is 0. The van der Waals surface area contributed by atoms with Gasteiger partial charge < -0.3 is 0 Å². The molecule has 0 aromatic heterocycles. The first-order valence-corrected chi connectivity index (χ1v) is 6.28. The smallest absolute Gasteiger partial charge is 0.188 e. The molecule has 0 amide bonds. The average Bonchev–Trinajstić information content (AvgIpc) is 2.39. The quantitative estimate of drug-likeness (QED) is 0.595. The van der Waals surface area contributed by atoms with Crippen molar-refractivity contribution < 1.29 is 13.6 Å². The van der Waals surface area contributed by atoms with Crippen molar-refractivity contribution in [3.63, 3.8) is 0 Å². The molecule has 2 aromatic rings. The lowest BCUT2D eigenvalue weighted by Crippen LogP contribution is -1.99. The molecule has 0 saturated heterocycles. The molecule has 0 unspecified atom stereocenters. The van der Waals surface area contributed by atoms with E-state index in [2.05, 4.69) is 15.9 Å². The molecule has 0 bridgehead atoms. The molecule has 4 heteroatoms. The maximum absolute atomic E-state index is 13.4. The van der Waals surface area contributed by atoms with Crippen molar-refractivity contribution >= 4 is 27.8 Å². The Labute approximate surface area is 117 Å². The Morgan fingerprint density at radius 1 is 1.11 bits per heavy atom. The summed E-state index contributed by atoms with van der Waals surface area (Å²) in [5.41, 5.74) is 0.519. The van der Waals surface area contributed by atoms with Gasteiger partial charge in [-0.2, -0.15) is 0 Å². The fourth-order valence-electron chi connectivity index (χ4n) is 1.56. The van der Waals surface area contributed by atoms with Gasteiger partial charge in [-0.05, 0) is 42.0 Å². The minimum atomic E-state index is -0.731. The zero-order chi connectivity index (χ0) is 13.8. The average molecular weight is 323 g/mol. The standard InChI is InChI=1S/C15H9BrF2O/c16-11-3-1-2-10(8-11)4-7-15(19)13-9-12(17)5-6-14(13)18/h1-9H/b7-4+. The second-order valence-corrected chi connectivity index (χ2v) is 4.79. The van der Waals surface area contributed by atoms with Gasteiger partial charge in [0, 0.05) is 4.47 Å². The molecule has 0 aliphatic carbocycles. The predicted molar refractivity (Wildman–Crippen MR) is 73.9 cm³/mol. The van der Waals surface area contributed by atoms with E-state index in [0.29, 0.717) is 0 Å². The monoisotopic (exact) mass is 322 g/mol. The van der Waals surface area contributed by atoms with Crippen molar-refractivity contribution in [2.75, 3.05) is 0 Å². The third-order valence-corrected chi connectivity index (χ3v) is 2.96. The van der Waals surface area contributed by atoms with E-state index in [9.17, 15) is 13.6 Å². The zero-order valence-corrected chi connectivity index (χ0v) is 11.3. The SMILES string of the molecule is O=C(/C=C/c1cccc(Br)c1)c1cc(F)ccc1F. The maximum atomic E-state index is 13.4. The van der Waals surface area contributed by atoms with E-state index in [-0.39, 0.29) is 5.56 Å². The summed E-state index contributed by atoms with van der Waals surface area (Å²) in [5.74, 6) is -1.94. The van der Waals surface area contributed by atoms with E-state index < -0.39 is 17.4 Å². The van der Waals surface area contributed by atoms with E-state index in [1.54, 1.807) is 12.1 Å². The van der Waals surface area contributed by atoms with Gasteiger partial charge in [0.25, 0.3) is 0 Å². The first-order valence-electron chi connectivity index (χ1n) is 5.49. The van der Waals surface area contributed by atoms with Crippen molar-refractivity contribution in [3.05, 3.63) is 75.8 Å². The molecule has 0 aliphatic heterocycles. The lowest BCUT2D eigenvalue weighted by Gasteiger charge is -1.99. The highest BCUT2D eigenvalue weighted by atomic mass is 79.9. The first kappa shape index (κ1) is 13.6. The molecule has 0 aliphatic rings. The van der Waals surface area contributed by atoms with Crippen LogP contribution in [0.4, 0.5) is 8.78 Å². The summed E-state index contributed by atoms with van der Waals surface area (Å²) in [6, 6.07) is 10.1. The topological polar surface area (TPSA) is 17.1 Å². The molecule has 0 N–H and O–H groups in total. The number of hydrogen-bond donors (Lipinski definition) is 0. The van der Waals surface area contributed by atoms with Crippen LogP contribution in [0.25, 0.3) is 6.08 Å². The molecule has 19 heavy (non-hydrogen) atoms. The Bertz CT molecular complexity index is 650. The molecule has 0 heterocycles. The summed E-state index contributed by atoms with van der Waals surface area (Å²) >= 11 is 3.31. The normalized spacial score (nSPS) is 10.9. The summed E-state index contributed by atoms with van der Waals surface area (Å²) in [4.78, 5) is 11.8. The summed E-state index contributed by atoms with van der Waals surface area (Å²) in [6.07, 6.45) is 2.77. The second kappa shape index (κ2) is 5.89. The Hall–Kier alpha value is -1.81. The number of carbonyl (C=O) groups excluding carboxylic acids is 1. The molecule has 1 nitrogen and oxygen atoms in total. The number of benzene rings is 2. The third kappa shape index (κ3) is 3.58. The largest absolute Gasteiger partial charge is 0.289 e. The number of ketones is 1. The van der Waals surface area contributed by atoms with Crippen LogP contribution in [-0.2, 0) is 0 Å². The molecule has 96 valence electrons. The van der Waals surface area contributed by atoms with Gasteiger partial charge in [0.05, 0.1) is 5.56 Å². The molecular formula is C15H9BrF2O. The van der Waals surface area contributed by atoms with Crippen LogP contribution in [0.1, 0.15) is 15.9 Å². The van der Waals surface area contributed by atoms with E-state index >= 15 is 0 Å². The van der Waals surface area contributed by atoms with Gasteiger partial charge >= 0.3 is 0 Å². The van der Waals surface area contributed by atoms with Crippen LogP contribution in [0.5, 0.6) is 0 Å². The lowest BCUT2D eigenvalue weighted by atomic mass is 10.1. The van der Waals surface area contributed by atoms with Crippen LogP contribution in [-0.4, -0.2) is 5.78 Å². The van der Waals surface area contributed by atoms with E-state index in [1.807, 2.05) is 18.2 Å². The van der Waals surface area contributed by atoms with Gasteiger partial charge in [0.2, 0.25) is 0 Å². The number of hydrogen-bond acceptors (Lipinski definition) is 1. The molecule has 0 saturated carbocycles. The number of carbonyl (C=O) groups is 1. The van der Waals surface area contributed by atoms with E-state index in [1.165, 1.54) is 6.08 Å². The molecule has 2 rings (SSSR count). The van der Waals surface area contributed by atoms with Crippen molar-refractivity contribution in [1.82, 2.24) is 0 Å². The van der Waals surface area contributed by atoms with Crippen LogP contribution in [0.2, 0.25) is 0 Å². The molecule has 0 radical (unpaired) electrons. The fraction of sp³-hybridized carbons (Fsp3) is 0. The van der Waals surface area contributed by atoms with Crippen LogP contribution < -0.4 is 0 Å². The Balaban J connectivity index is 2.23. The van der Waals surface area contributed by atoms with Crippen molar-refractivity contribution in [3.8, 4) is 0 Å². The first-order chi connectivity index (χ1) is 9.06. The Morgan fingerprint density at radius 2 is 1.89 bits per heavy atom. The van der Waals surface area contributed by atoms with Crippen molar-refractivity contribution in [2.24, 2.45) is 0 Å². The van der Waals surface area contributed by atoms with Gasteiger partial charge in [0.1, 0.15) is 11.6 Å². The summed E-state index contributed by atoms with van der Waals surface area (Å²) in [7, 11) is 0. The van der Waals surface area contributed by atoms with Gasteiger partial charge in [-0.3, -0.25) is 4.79 Å². The third-order valence-electron chi connectivity index (χ3n) is 2.47. The van der Waals surface area contributed by atoms with Crippen LogP contribution in [0.15, 0.2) is 53.0 Å². The molecule has 2 aromatic carbocycles. The molecule has 0 atom stereocenters. The minimum absolute atomic E-state index is 0.272. The fourth-order valence-corrected chi connectivity index (χ4v) is 1.98. The molecule has 0 spiro atoms. The Morgan fingerprint density at radius 3 is 2.63 bits per heavy atom. The van der Waals surface area contributed by atoms with E-state index in [0.717, 1.165) is 28.2 Å².